The summed E-state index contributed by atoms with van der Waals surface area (Å²) in [6.07, 6.45) is 0. The van der Waals surface area contributed by atoms with E-state index in [0.29, 0.717) is 5.75 Å². The first-order valence-electron chi connectivity index (χ1n) is 10.00. The molecule has 1 N–H and O–H groups in total. The Morgan fingerprint density at radius 1 is 1.11 bits per heavy atom. The van der Waals surface area contributed by atoms with Crippen LogP contribution in [0.3, 0.4) is 0 Å². The average Bonchev–Trinajstić information content (AvgIpc) is 3.00. The van der Waals surface area contributed by atoms with E-state index in [1.165, 1.54) is 11.1 Å². The predicted molar refractivity (Wildman–Crippen MR) is 114 cm³/mol. The molecular formula is C21H32N4O2S. The monoisotopic (exact) mass is 404 g/mol. The Morgan fingerprint density at radius 3 is 2.36 bits per heavy atom. The van der Waals surface area contributed by atoms with Crippen molar-refractivity contribution in [1.82, 2.24) is 20.0 Å². The van der Waals surface area contributed by atoms with Crippen molar-refractivity contribution in [2.24, 2.45) is 0 Å². The van der Waals surface area contributed by atoms with Gasteiger partial charge >= 0.3 is 6.03 Å². The molecule has 0 saturated carbocycles. The zero-order valence-electron chi connectivity index (χ0n) is 17.4. The Hall–Kier alpha value is -1.73. The zero-order chi connectivity index (χ0) is 20.3. The van der Waals surface area contributed by atoms with Crippen LogP contribution in [0.5, 0.6) is 0 Å². The molecular weight excluding hydrogens is 372 g/mol. The number of benzene rings is 1. The highest BCUT2D eigenvalue weighted by atomic mass is 32.2. The molecule has 0 aromatic heterocycles. The van der Waals surface area contributed by atoms with Crippen LogP contribution in [0.1, 0.15) is 37.3 Å². The van der Waals surface area contributed by atoms with Crippen LogP contribution >= 0.6 is 11.8 Å². The van der Waals surface area contributed by atoms with E-state index in [9.17, 15) is 9.59 Å². The molecule has 2 aliphatic rings. The molecule has 0 bridgehead atoms. The van der Waals surface area contributed by atoms with E-state index >= 15 is 0 Å². The molecule has 2 fully saturated rings. The molecule has 3 amide bonds. The van der Waals surface area contributed by atoms with E-state index < -0.39 is 0 Å². The normalized spacial score (nSPS) is 21.3. The third-order valence-corrected chi connectivity index (χ3v) is 6.39. The van der Waals surface area contributed by atoms with Crippen LogP contribution < -0.4 is 5.32 Å². The summed E-state index contributed by atoms with van der Waals surface area (Å²) in [5, 5.41) is 3.14. The largest absolute Gasteiger partial charge is 0.333 e. The van der Waals surface area contributed by atoms with Gasteiger partial charge in [-0.15, -0.1) is 11.8 Å². The van der Waals surface area contributed by atoms with Crippen molar-refractivity contribution in [3.63, 3.8) is 0 Å². The minimum atomic E-state index is -0.215. The Labute approximate surface area is 172 Å². The van der Waals surface area contributed by atoms with Gasteiger partial charge in [0, 0.05) is 44.8 Å². The number of rotatable bonds is 4. The summed E-state index contributed by atoms with van der Waals surface area (Å²) in [4.78, 5) is 30.9. The molecule has 7 heteroatoms. The lowest BCUT2D eigenvalue weighted by Crippen LogP contribution is -2.55. The molecule has 2 aliphatic heterocycles. The van der Waals surface area contributed by atoms with Crippen molar-refractivity contribution in [2.45, 2.75) is 38.6 Å². The summed E-state index contributed by atoms with van der Waals surface area (Å²) < 4.78 is 0. The SMILES string of the molecule is Cc1ccc([C@@H]2SCC(=O)N2CCN2CCN(C(=O)NC(C)(C)C)CC2)cc1. The fourth-order valence-electron chi connectivity index (χ4n) is 3.53. The van der Waals surface area contributed by atoms with Crippen molar-refractivity contribution in [1.29, 1.82) is 0 Å². The van der Waals surface area contributed by atoms with Gasteiger partial charge in [0.05, 0.1) is 5.75 Å². The first-order valence-corrected chi connectivity index (χ1v) is 11.0. The third-order valence-electron chi connectivity index (χ3n) is 5.13. The minimum absolute atomic E-state index is 0.0118. The highest BCUT2D eigenvalue weighted by molar-refractivity contribution is 8.00. The van der Waals surface area contributed by atoms with Crippen molar-refractivity contribution >= 4 is 23.7 Å². The maximum Gasteiger partial charge on any atom is 0.317 e. The maximum atomic E-state index is 12.4. The van der Waals surface area contributed by atoms with E-state index in [0.717, 1.165) is 39.3 Å². The molecule has 2 heterocycles. The molecule has 0 spiro atoms. The van der Waals surface area contributed by atoms with E-state index in [-0.39, 0.29) is 22.9 Å². The lowest BCUT2D eigenvalue weighted by Gasteiger charge is -2.37. The second-order valence-electron chi connectivity index (χ2n) is 8.67. The van der Waals surface area contributed by atoms with Gasteiger partial charge in [0.2, 0.25) is 5.91 Å². The van der Waals surface area contributed by atoms with Crippen LogP contribution in [0.25, 0.3) is 0 Å². The number of amides is 3. The lowest BCUT2D eigenvalue weighted by atomic mass is 10.1. The summed E-state index contributed by atoms with van der Waals surface area (Å²) in [6, 6.07) is 8.49. The standard InChI is InChI=1S/C21H32N4O2S/c1-16-5-7-17(8-6-16)19-25(18(26)15-28-19)14-11-23-9-12-24(13-10-23)20(27)22-21(2,3)4/h5-8,19H,9-15H2,1-4H3,(H,22,27)/t19-/m0/s1. The van der Waals surface area contributed by atoms with Crippen molar-refractivity contribution in [2.75, 3.05) is 45.0 Å². The van der Waals surface area contributed by atoms with Crippen LogP contribution in [-0.2, 0) is 4.79 Å². The van der Waals surface area contributed by atoms with Crippen molar-refractivity contribution in [3.8, 4) is 0 Å². The highest BCUT2D eigenvalue weighted by Gasteiger charge is 2.33. The van der Waals surface area contributed by atoms with E-state index in [4.69, 9.17) is 0 Å². The molecule has 1 aromatic carbocycles. The number of carbonyl (C=O) groups is 2. The fourth-order valence-corrected chi connectivity index (χ4v) is 4.75. The van der Waals surface area contributed by atoms with Gasteiger partial charge in [-0.05, 0) is 33.3 Å². The number of hydrogen-bond donors (Lipinski definition) is 1. The van der Waals surface area contributed by atoms with Gasteiger partial charge in [-0.1, -0.05) is 29.8 Å². The molecule has 1 atom stereocenters. The third kappa shape index (κ3) is 5.41. The first-order chi connectivity index (χ1) is 13.2. The molecule has 154 valence electrons. The first kappa shape index (κ1) is 21.0. The Kier molecular flexibility index (Phi) is 6.55. The Bertz CT molecular complexity index is 693. The average molecular weight is 405 g/mol. The molecule has 0 aliphatic carbocycles. The molecule has 28 heavy (non-hydrogen) atoms. The number of nitrogens with one attached hydrogen (secondary N) is 1. The number of thioether (sulfide) groups is 1. The number of piperazine rings is 1. The number of urea groups is 1. The van der Waals surface area contributed by atoms with Crippen molar-refractivity contribution < 1.29 is 9.59 Å². The lowest BCUT2D eigenvalue weighted by molar-refractivity contribution is -0.128. The predicted octanol–water partition coefficient (Wildman–Crippen LogP) is 2.69. The van der Waals surface area contributed by atoms with Crippen molar-refractivity contribution in [3.05, 3.63) is 35.4 Å². The molecule has 0 radical (unpaired) electrons. The quantitative estimate of drug-likeness (QED) is 0.838. The van der Waals surface area contributed by atoms with Gasteiger partial charge < -0.3 is 15.1 Å². The summed E-state index contributed by atoms with van der Waals surface area (Å²) in [6.45, 7) is 12.8. The molecule has 6 nitrogen and oxygen atoms in total. The molecule has 2 saturated heterocycles. The number of aryl methyl sites for hydroxylation is 1. The molecule has 3 rings (SSSR count). The van der Waals surface area contributed by atoms with Crippen LogP contribution in [0, 0.1) is 6.92 Å². The van der Waals surface area contributed by atoms with Gasteiger partial charge in [0.1, 0.15) is 5.37 Å². The summed E-state index contributed by atoms with van der Waals surface area (Å²) in [7, 11) is 0. The van der Waals surface area contributed by atoms with E-state index in [1.54, 1.807) is 11.8 Å². The van der Waals surface area contributed by atoms with Gasteiger partial charge in [-0.3, -0.25) is 9.69 Å². The van der Waals surface area contributed by atoms with Gasteiger partial charge in [-0.25, -0.2) is 4.79 Å². The van der Waals surface area contributed by atoms with E-state index in [1.807, 2.05) is 30.6 Å². The zero-order valence-corrected chi connectivity index (χ0v) is 18.2. The fraction of sp³-hybridized carbons (Fsp3) is 0.619. The highest BCUT2D eigenvalue weighted by Crippen LogP contribution is 2.38. The maximum absolute atomic E-state index is 12.4. The number of hydrogen-bond acceptors (Lipinski definition) is 4. The van der Waals surface area contributed by atoms with Gasteiger partial charge in [-0.2, -0.15) is 0 Å². The second-order valence-corrected chi connectivity index (χ2v) is 9.74. The molecule has 0 unspecified atom stereocenters. The second kappa shape index (κ2) is 8.74. The minimum Gasteiger partial charge on any atom is -0.333 e. The summed E-state index contributed by atoms with van der Waals surface area (Å²) in [5.41, 5.74) is 2.22. The van der Waals surface area contributed by atoms with Gasteiger partial charge in [0.15, 0.2) is 0 Å². The van der Waals surface area contributed by atoms with Crippen LogP contribution in [-0.4, -0.2) is 77.2 Å². The van der Waals surface area contributed by atoms with Crippen LogP contribution in [0.2, 0.25) is 0 Å². The Morgan fingerprint density at radius 2 is 1.75 bits per heavy atom. The van der Waals surface area contributed by atoms with Crippen LogP contribution in [0.4, 0.5) is 4.79 Å². The van der Waals surface area contributed by atoms with Crippen LogP contribution in [0.15, 0.2) is 24.3 Å². The summed E-state index contributed by atoms with van der Waals surface area (Å²) in [5.74, 6) is 0.776. The summed E-state index contributed by atoms with van der Waals surface area (Å²) >= 11 is 1.71. The number of carbonyl (C=O) groups excluding carboxylic acids is 2. The van der Waals surface area contributed by atoms with E-state index in [2.05, 4.69) is 41.4 Å². The molecule has 1 aromatic rings. The van der Waals surface area contributed by atoms with Gasteiger partial charge in [0.25, 0.3) is 0 Å². The smallest absolute Gasteiger partial charge is 0.317 e. The number of nitrogens with zero attached hydrogens (tertiary/aromatic N) is 3. The Balaban J connectivity index is 1.49. The topological polar surface area (TPSA) is 55.9 Å².